The topological polar surface area (TPSA) is 62.1 Å². The quantitative estimate of drug-likeness (QED) is 0.916. The number of hydrogen-bond acceptors (Lipinski definition) is 3. The van der Waals surface area contributed by atoms with E-state index >= 15 is 0 Å². The summed E-state index contributed by atoms with van der Waals surface area (Å²) in [4.78, 5) is 12.1. The molecule has 0 radical (unpaired) electrons. The minimum absolute atomic E-state index is 0.0581. The average molecular weight is 312 g/mol. The van der Waals surface area contributed by atoms with E-state index in [2.05, 4.69) is 5.32 Å². The predicted octanol–water partition coefficient (Wildman–Crippen LogP) is 3.67. The highest BCUT2D eigenvalue weighted by molar-refractivity contribution is 5.92. The highest BCUT2D eigenvalue weighted by Gasteiger charge is 2.08. The van der Waals surface area contributed by atoms with Gasteiger partial charge in [0.05, 0.1) is 18.1 Å². The van der Waals surface area contributed by atoms with E-state index in [1.807, 2.05) is 38.1 Å². The number of benzene rings is 2. The van der Waals surface area contributed by atoms with Crippen molar-refractivity contribution in [2.45, 2.75) is 26.4 Å². The fourth-order valence-corrected chi connectivity index (χ4v) is 2.08. The number of ether oxygens (including phenoxy) is 1. The van der Waals surface area contributed by atoms with Gasteiger partial charge in [-0.15, -0.1) is 0 Å². The Bertz CT molecular complexity index is 751. The van der Waals surface area contributed by atoms with Gasteiger partial charge in [-0.1, -0.05) is 12.1 Å². The SMILES string of the molecule is CC(C)Oc1cccc(CC(=O)Nc2ccc(F)c(C#N)c2)c1. The molecule has 0 spiro atoms. The van der Waals surface area contributed by atoms with Crippen LogP contribution >= 0.6 is 0 Å². The summed E-state index contributed by atoms with van der Waals surface area (Å²) in [5, 5.41) is 11.5. The van der Waals surface area contributed by atoms with E-state index in [1.165, 1.54) is 12.1 Å². The van der Waals surface area contributed by atoms with Crippen molar-refractivity contribution in [1.29, 1.82) is 5.26 Å². The van der Waals surface area contributed by atoms with Crippen molar-refractivity contribution in [2.75, 3.05) is 5.32 Å². The summed E-state index contributed by atoms with van der Waals surface area (Å²) in [5.74, 6) is -0.148. The molecule has 2 aromatic rings. The Morgan fingerprint density at radius 2 is 2.09 bits per heavy atom. The molecule has 0 atom stereocenters. The summed E-state index contributed by atoms with van der Waals surface area (Å²) >= 11 is 0. The van der Waals surface area contributed by atoms with Gasteiger partial charge in [-0.05, 0) is 49.7 Å². The maximum absolute atomic E-state index is 13.3. The van der Waals surface area contributed by atoms with Crippen LogP contribution in [0, 0.1) is 17.1 Å². The number of halogens is 1. The molecule has 1 N–H and O–H groups in total. The second-order valence-corrected chi connectivity index (χ2v) is 5.35. The van der Waals surface area contributed by atoms with Gasteiger partial charge in [0.25, 0.3) is 0 Å². The van der Waals surface area contributed by atoms with Crippen molar-refractivity contribution < 1.29 is 13.9 Å². The Morgan fingerprint density at radius 1 is 1.30 bits per heavy atom. The lowest BCUT2D eigenvalue weighted by molar-refractivity contribution is -0.115. The average Bonchev–Trinajstić information content (AvgIpc) is 2.48. The summed E-state index contributed by atoms with van der Waals surface area (Å²) in [6.07, 6.45) is 0.219. The summed E-state index contributed by atoms with van der Waals surface area (Å²) in [6.45, 7) is 3.86. The third-order valence-corrected chi connectivity index (χ3v) is 3.01. The zero-order chi connectivity index (χ0) is 16.8. The van der Waals surface area contributed by atoms with Crippen molar-refractivity contribution in [3.63, 3.8) is 0 Å². The van der Waals surface area contributed by atoms with E-state index in [0.717, 1.165) is 11.6 Å². The highest BCUT2D eigenvalue weighted by atomic mass is 19.1. The minimum Gasteiger partial charge on any atom is -0.491 e. The summed E-state index contributed by atoms with van der Waals surface area (Å²) in [7, 11) is 0. The van der Waals surface area contributed by atoms with Crippen LogP contribution in [-0.2, 0) is 11.2 Å². The summed E-state index contributed by atoms with van der Waals surface area (Å²) in [5.41, 5.74) is 1.10. The van der Waals surface area contributed by atoms with Crippen LogP contribution in [0.15, 0.2) is 42.5 Å². The number of anilines is 1. The van der Waals surface area contributed by atoms with Gasteiger partial charge in [-0.3, -0.25) is 4.79 Å². The number of nitrogens with zero attached hydrogens (tertiary/aromatic N) is 1. The first kappa shape index (κ1) is 16.5. The molecule has 4 nitrogen and oxygen atoms in total. The fourth-order valence-electron chi connectivity index (χ4n) is 2.08. The van der Waals surface area contributed by atoms with Crippen LogP contribution in [0.4, 0.5) is 10.1 Å². The highest BCUT2D eigenvalue weighted by Crippen LogP contribution is 2.17. The molecule has 1 amide bonds. The van der Waals surface area contributed by atoms with Gasteiger partial charge >= 0.3 is 0 Å². The van der Waals surface area contributed by atoms with Crippen LogP contribution in [0.25, 0.3) is 0 Å². The molecule has 0 bridgehead atoms. The number of nitrogens with one attached hydrogen (secondary N) is 1. The molecule has 0 saturated heterocycles. The molecule has 0 fully saturated rings. The second kappa shape index (κ2) is 7.41. The van der Waals surface area contributed by atoms with Crippen molar-refractivity contribution in [3.05, 3.63) is 59.4 Å². The molecule has 0 aliphatic heterocycles. The van der Waals surface area contributed by atoms with Crippen LogP contribution < -0.4 is 10.1 Å². The van der Waals surface area contributed by atoms with Crippen LogP contribution in [0.2, 0.25) is 0 Å². The van der Waals surface area contributed by atoms with Crippen LogP contribution in [0.5, 0.6) is 5.75 Å². The molecule has 0 aromatic heterocycles. The largest absolute Gasteiger partial charge is 0.491 e. The zero-order valence-corrected chi connectivity index (χ0v) is 13.0. The van der Waals surface area contributed by atoms with Crippen LogP contribution in [0.1, 0.15) is 25.0 Å². The molecule has 0 heterocycles. The van der Waals surface area contributed by atoms with E-state index in [9.17, 15) is 9.18 Å². The molecule has 0 unspecified atom stereocenters. The number of amides is 1. The van der Waals surface area contributed by atoms with Gasteiger partial charge in [0.15, 0.2) is 0 Å². The van der Waals surface area contributed by atoms with Gasteiger partial charge < -0.3 is 10.1 Å². The third kappa shape index (κ3) is 4.82. The van der Waals surface area contributed by atoms with Gasteiger partial charge in [0, 0.05) is 5.69 Å². The van der Waals surface area contributed by atoms with Crippen molar-refractivity contribution >= 4 is 11.6 Å². The van der Waals surface area contributed by atoms with Gasteiger partial charge in [-0.2, -0.15) is 5.26 Å². The molecule has 5 heteroatoms. The van der Waals surface area contributed by atoms with Gasteiger partial charge in [0.2, 0.25) is 5.91 Å². The molecule has 0 aliphatic carbocycles. The zero-order valence-electron chi connectivity index (χ0n) is 13.0. The van der Waals surface area contributed by atoms with Crippen molar-refractivity contribution in [1.82, 2.24) is 0 Å². The Hall–Kier alpha value is -2.87. The first-order chi connectivity index (χ1) is 11.0. The number of nitriles is 1. The normalized spacial score (nSPS) is 10.2. The Kier molecular flexibility index (Phi) is 5.32. The second-order valence-electron chi connectivity index (χ2n) is 5.35. The summed E-state index contributed by atoms with van der Waals surface area (Å²) < 4.78 is 18.8. The van der Waals surface area contributed by atoms with Crippen LogP contribution in [-0.4, -0.2) is 12.0 Å². The molecular weight excluding hydrogens is 295 g/mol. The van der Waals surface area contributed by atoms with Crippen LogP contribution in [0.3, 0.4) is 0 Å². The van der Waals surface area contributed by atoms with E-state index in [4.69, 9.17) is 10.00 Å². The lowest BCUT2D eigenvalue weighted by atomic mass is 10.1. The first-order valence-corrected chi connectivity index (χ1v) is 7.23. The lowest BCUT2D eigenvalue weighted by Crippen LogP contribution is -2.14. The monoisotopic (exact) mass is 312 g/mol. The smallest absolute Gasteiger partial charge is 0.228 e. The van der Waals surface area contributed by atoms with Gasteiger partial charge in [-0.25, -0.2) is 4.39 Å². The number of carbonyl (C=O) groups excluding carboxylic acids is 1. The van der Waals surface area contributed by atoms with Gasteiger partial charge in [0.1, 0.15) is 17.6 Å². The van der Waals surface area contributed by atoms with E-state index in [1.54, 1.807) is 6.07 Å². The molecule has 23 heavy (non-hydrogen) atoms. The molecule has 0 saturated carbocycles. The van der Waals surface area contributed by atoms with E-state index < -0.39 is 5.82 Å². The van der Waals surface area contributed by atoms with Crippen molar-refractivity contribution in [3.8, 4) is 11.8 Å². The third-order valence-electron chi connectivity index (χ3n) is 3.01. The molecule has 118 valence electrons. The summed E-state index contributed by atoms with van der Waals surface area (Å²) in [6, 6.07) is 12.9. The lowest BCUT2D eigenvalue weighted by Gasteiger charge is -2.11. The number of rotatable bonds is 5. The van der Waals surface area contributed by atoms with E-state index in [-0.39, 0.29) is 24.0 Å². The molecular formula is C18H17FN2O2. The molecule has 2 rings (SSSR count). The van der Waals surface area contributed by atoms with E-state index in [0.29, 0.717) is 11.4 Å². The Balaban J connectivity index is 2.04. The predicted molar refractivity (Wildman–Crippen MR) is 85.7 cm³/mol. The minimum atomic E-state index is -0.607. The first-order valence-electron chi connectivity index (χ1n) is 7.23. The number of carbonyl (C=O) groups is 1. The molecule has 0 aliphatic rings. The molecule has 2 aromatic carbocycles. The maximum atomic E-state index is 13.3. The fraction of sp³-hybridized carbons (Fsp3) is 0.222. The Labute approximate surface area is 134 Å². The maximum Gasteiger partial charge on any atom is 0.228 e. The Morgan fingerprint density at radius 3 is 2.78 bits per heavy atom. The van der Waals surface area contributed by atoms with Crippen molar-refractivity contribution in [2.24, 2.45) is 0 Å². The number of hydrogen-bond donors (Lipinski definition) is 1. The standard InChI is InChI=1S/C18H17FN2O2/c1-12(2)23-16-5-3-4-13(8-16)9-18(22)21-15-6-7-17(19)14(10-15)11-20/h3-8,10,12H,9H2,1-2H3,(H,21,22).